The highest BCUT2D eigenvalue weighted by Crippen LogP contribution is 2.31. The Labute approximate surface area is 146 Å². The van der Waals surface area contributed by atoms with Gasteiger partial charge >= 0.3 is 0 Å². The molecule has 2 amide bonds. The molecule has 3 aliphatic rings. The average Bonchev–Trinajstić information content (AvgIpc) is 3.31. The Bertz CT molecular complexity index is 675. The van der Waals surface area contributed by atoms with Gasteiger partial charge in [-0.2, -0.15) is 0 Å². The van der Waals surface area contributed by atoms with E-state index in [4.69, 9.17) is 14.2 Å². The Kier molecular flexibility index (Phi) is 4.35. The van der Waals surface area contributed by atoms with Crippen LogP contribution in [0.3, 0.4) is 0 Å². The molecule has 1 aromatic rings. The summed E-state index contributed by atoms with van der Waals surface area (Å²) in [4.78, 5) is 24.4. The van der Waals surface area contributed by atoms with Crippen LogP contribution in [0.1, 0.15) is 23.2 Å². The van der Waals surface area contributed by atoms with E-state index in [1.807, 2.05) is 0 Å². The fourth-order valence-corrected chi connectivity index (χ4v) is 3.41. The minimum atomic E-state index is -0.237. The van der Waals surface area contributed by atoms with Gasteiger partial charge in [-0.15, -0.1) is 0 Å². The van der Waals surface area contributed by atoms with Crippen LogP contribution in [0.25, 0.3) is 0 Å². The molecule has 1 aromatic carbocycles. The summed E-state index contributed by atoms with van der Waals surface area (Å²) < 4.78 is 16.8. The lowest BCUT2D eigenvalue weighted by atomic mass is 10.1. The molecule has 134 valence electrons. The molecule has 4 rings (SSSR count). The van der Waals surface area contributed by atoms with Crippen molar-refractivity contribution in [2.45, 2.75) is 37.1 Å². The molecule has 7 heteroatoms. The van der Waals surface area contributed by atoms with E-state index >= 15 is 0 Å². The molecule has 0 bridgehead atoms. The van der Waals surface area contributed by atoms with Gasteiger partial charge in [-0.25, -0.2) is 0 Å². The number of methoxy groups -OCH3 is 1. The van der Waals surface area contributed by atoms with Gasteiger partial charge in [0.05, 0.1) is 32.4 Å². The third-order valence-corrected chi connectivity index (χ3v) is 4.98. The summed E-state index contributed by atoms with van der Waals surface area (Å²) in [7, 11) is 1.56. The molecule has 0 radical (unpaired) electrons. The van der Waals surface area contributed by atoms with E-state index < -0.39 is 0 Å². The molecule has 1 saturated carbocycles. The monoisotopic (exact) mass is 346 g/mol. The molecule has 0 aromatic heterocycles. The van der Waals surface area contributed by atoms with Crippen LogP contribution in [-0.4, -0.2) is 56.4 Å². The molecule has 0 spiro atoms. The summed E-state index contributed by atoms with van der Waals surface area (Å²) >= 11 is 0. The molecule has 3 fully saturated rings. The number of carbonyl (C=O) groups excluding carboxylic acids is 2. The van der Waals surface area contributed by atoms with Crippen LogP contribution >= 0.6 is 0 Å². The minimum Gasteiger partial charge on any atom is -0.497 e. The molecule has 2 aliphatic heterocycles. The van der Waals surface area contributed by atoms with Crippen molar-refractivity contribution in [1.29, 1.82) is 0 Å². The molecule has 4 unspecified atom stereocenters. The summed E-state index contributed by atoms with van der Waals surface area (Å²) in [6.07, 6.45) is 1.48. The van der Waals surface area contributed by atoms with Gasteiger partial charge in [0.1, 0.15) is 18.0 Å². The molecule has 2 saturated heterocycles. The number of carbonyl (C=O) groups is 2. The maximum atomic E-state index is 12.5. The van der Waals surface area contributed by atoms with E-state index in [-0.39, 0.29) is 42.0 Å². The Morgan fingerprint density at radius 1 is 1.08 bits per heavy atom. The van der Waals surface area contributed by atoms with Crippen LogP contribution in [0.5, 0.6) is 5.75 Å². The fourth-order valence-electron chi connectivity index (χ4n) is 3.41. The molecule has 1 aliphatic carbocycles. The SMILES string of the molecule is COc1cccc(C(=O)NC2COC3C(NC(=O)C4CC4)COC23)c1. The summed E-state index contributed by atoms with van der Waals surface area (Å²) in [5.74, 6) is 0.682. The molecule has 2 N–H and O–H groups in total. The number of nitrogens with one attached hydrogen (secondary N) is 2. The Hall–Kier alpha value is -2.12. The zero-order valence-corrected chi connectivity index (χ0v) is 14.1. The lowest BCUT2D eigenvalue weighted by Gasteiger charge is -2.18. The third-order valence-electron chi connectivity index (χ3n) is 4.98. The highest BCUT2D eigenvalue weighted by Gasteiger charge is 2.49. The van der Waals surface area contributed by atoms with Crippen molar-refractivity contribution in [2.75, 3.05) is 20.3 Å². The van der Waals surface area contributed by atoms with E-state index in [9.17, 15) is 9.59 Å². The van der Waals surface area contributed by atoms with Gasteiger partial charge in [-0.3, -0.25) is 9.59 Å². The van der Waals surface area contributed by atoms with Gasteiger partial charge in [0, 0.05) is 11.5 Å². The number of fused-ring (bicyclic) bond motifs is 1. The zero-order valence-electron chi connectivity index (χ0n) is 14.1. The predicted molar refractivity (Wildman–Crippen MR) is 88.4 cm³/mol. The number of hydrogen-bond donors (Lipinski definition) is 2. The molecule has 2 heterocycles. The van der Waals surface area contributed by atoms with Crippen molar-refractivity contribution in [3.05, 3.63) is 29.8 Å². The maximum Gasteiger partial charge on any atom is 0.251 e. The quantitative estimate of drug-likeness (QED) is 0.810. The van der Waals surface area contributed by atoms with Crippen molar-refractivity contribution < 1.29 is 23.8 Å². The number of benzene rings is 1. The van der Waals surface area contributed by atoms with Crippen molar-refractivity contribution in [1.82, 2.24) is 10.6 Å². The zero-order chi connectivity index (χ0) is 17.4. The van der Waals surface area contributed by atoms with Gasteiger partial charge in [-0.1, -0.05) is 6.07 Å². The number of ether oxygens (including phenoxy) is 3. The first-order valence-corrected chi connectivity index (χ1v) is 8.64. The van der Waals surface area contributed by atoms with Gasteiger partial charge < -0.3 is 24.8 Å². The average molecular weight is 346 g/mol. The van der Waals surface area contributed by atoms with Crippen molar-refractivity contribution >= 4 is 11.8 Å². The van der Waals surface area contributed by atoms with E-state index in [2.05, 4.69) is 10.6 Å². The fraction of sp³-hybridized carbons (Fsp3) is 0.556. The van der Waals surface area contributed by atoms with Gasteiger partial charge in [-0.05, 0) is 31.0 Å². The second-order valence-corrected chi connectivity index (χ2v) is 6.80. The molecular weight excluding hydrogens is 324 g/mol. The Balaban J connectivity index is 1.36. The third kappa shape index (κ3) is 3.34. The normalized spacial score (nSPS) is 30.6. The standard InChI is InChI=1S/C18H22N2O5/c1-23-12-4-2-3-11(7-12)18(22)20-14-9-25-15-13(8-24-16(14)15)19-17(21)10-5-6-10/h2-4,7,10,13-16H,5-6,8-9H2,1H3,(H,19,21)(H,20,22). The maximum absolute atomic E-state index is 12.5. The molecule has 25 heavy (non-hydrogen) atoms. The van der Waals surface area contributed by atoms with Crippen molar-refractivity contribution in [3.8, 4) is 5.75 Å². The van der Waals surface area contributed by atoms with Crippen molar-refractivity contribution in [3.63, 3.8) is 0 Å². The van der Waals surface area contributed by atoms with Crippen LogP contribution in [0.2, 0.25) is 0 Å². The van der Waals surface area contributed by atoms with E-state index in [0.717, 1.165) is 12.8 Å². The molecule has 4 atom stereocenters. The Morgan fingerprint density at radius 2 is 1.76 bits per heavy atom. The number of amides is 2. The topological polar surface area (TPSA) is 85.9 Å². The van der Waals surface area contributed by atoms with Crippen LogP contribution in [-0.2, 0) is 14.3 Å². The Morgan fingerprint density at radius 3 is 2.40 bits per heavy atom. The van der Waals surface area contributed by atoms with Crippen LogP contribution in [0.15, 0.2) is 24.3 Å². The second kappa shape index (κ2) is 6.65. The van der Waals surface area contributed by atoms with Gasteiger partial charge in [0.25, 0.3) is 5.91 Å². The predicted octanol–water partition coefficient (Wildman–Crippen LogP) is 0.486. The molecular formula is C18H22N2O5. The first-order chi connectivity index (χ1) is 12.2. The van der Waals surface area contributed by atoms with Gasteiger partial charge in [0.2, 0.25) is 5.91 Å². The van der Waals surface area contributed by atoms with Crippen LogP contribution < -0.4 is 15.4 Å². The first-order valence-electron chi connectivity index (χ1n) is 8.64. The van der Waals surface area contributed by atoms with E-state index in [0.29, 0.717) is 24.5 Å². The number of rotatable bonds is 5. The van der Waals surface area contributed by atoms with Crippen molar-refractivity contribution in [2.24, 2.45) is 5.92 Å². The number of hydrogen-bond acceptors (Lipinski definition) is 5. The molecule has 7 nitrogen and oxygen atoms in total. The smallest absolute Gasteiger partial charge is 0.251 e. The first kappa shape index (κ1) is 16.4. The summed E-state index contributed by atoms with van der Waals surface area (Å²) in [5, 5.41) is 5.98. The summed E-state index contributed by atoms with van der Waals surface area (Å²) in [5.41, 5.74) is 0.527. The van der Waals surface area contributed by atoms with Crippen LogP contribution in [0.4, 0.5) is 0 Å². The highest BCUT2D eigenvalue weighted by molar-refractivity contribution is 5.94. The largest absolute Gasteiger partial charge is 0.497 e. The second-order valence-electron chi connectivity index (χ2n) is 6.80. The lowest BCUT2D eigenvalue weighted by Crippen LogP contribution is -2.47. The van der Waals surface area contributed by atoms with E-state index in [1.165, 1.54) is 0 Å². The van der Waals surface area contributed by atoms with E-state index in [1.54, 1.807) is 31.4 Å². The van der Waals surface area contributed by atoms with Gasteiger partial charge in [0.15, 0.2) is 0 Å². The van der Waals surface area contributed by atoms with Crippen LogP contribution in [0, 0.1) is 5.92 Å². The minimum absolute atomic E-state index is 0.0849. The summed E-state index contributed by atoms with van der Waals surface area (Å²) in [6, 6.07) is 6.62. The lowest BCUT2D eigenvalue weighted by molar-refractivity contribution is -0.123. The highest BCUT2D eigenvalue weighted by atomic mass is 16.6. The summed E-state index contributed by atoms with van der Waals surface area (Å²) in [6.45, 7) is 0.792.